The number of hydrogen-bond donors (Lipinski definition) is 1. The zero-order valence-corrected chi connectivity index (χ0v) is 8.33. The van der Waals surface area contributed by atoms with Crippen LogP contribution in [0.2, 0.25) is 5.02 Å². The molecule has 2 aromatic carbocycles. The molecule has 2 heteroatoms. The highest BCUT2D eigenvalue weighted by molar-refractivity contribution is 6.33. The largest absolute Gasteiger partial charge is 0.397 e. The molecular weight excluding hydrogens is 194 g/mol. The third-order valence-corrected chi connectivity index (χ3v) is 2.47. The third-order valence-electron chi connectivity index (χ3n) is 2.14. The van der Waals surface area contributed by atoms with Gasteiger partial charge in [-0.3, -0.25) is 0 Å². The summed E-state index contributed by atoms with van der Waals surface area (Å²) >= 11 is 5.94. The Hall–Kier alpha value is -1.47. The van der Waals surface area contributed by atoms with E-state index in [1.807, 2.05) is 42.5 Å². The van der Waals surface area contributed by atoms with Crippen molar-refractivity contribution in [3.8, 4) is 11.1 Å². The summed E-state index contributed by atoms with van der Waals surface area (Å²) in [6.45, 7) is 0. The van der Waals surface area contributed by atoms with Gasteiger partial charge in [-0.2, -0.15) is 0 Å². The van der Waals surface area contributed by atoms with E-state index in [1.54, 1.807) is 6.07 Å². The molecule has 0 aliphatic carbocycles. The third kappa shape index (κ3) is 1.59. The Bertz CT molecular complexity index is 437. The first kappa shape index (κ1) is 9.10. The molecule has 14 heavy (non-hydrogen) atoms. The van der Waals surface area contributed by atoms with Crippen LogP contribution in [0.1, 0.15) is 0 Å². The predicted octanol–water partition coefficient (Wildman–Crippen LogP) is 3.59. The second-order valence-electron chi connectivity index (χ2n) is 3.07. The Morgan fingerprint density at radius 3 is 2.29 bits per heavy atom. The van der Waals surface area contributed by atoms with Crippen LogP contribution in [0.4, 0.5) is 5.69 Å². The van der Waals surface area contributed by atoms with Crippen molar-refractivity contribution >= 4 is 17.3 Å². The molecule has 0 saturated carbocycles. The lowest BCUT2D eigenvalue weighted by molar-refractivity contribution is 1.61. The fourth-order valence-corrected chi connectivity index (χ4v) is 1.58. The molecule has 0 bridgehead atoms. The lowest BCUT2D eigenvalue weighted by Gasteiger charge is -2.06. The summed E-state index contributed by atoms with van der Waals surface area (Å²) in [7, 11) is 0. The molecule has 0 heterocycles. The maximum Gasteiger partial charge on any atom is 0.0641 e. The lowest BCUT2D eigenvalue weighted by atomic mass is 10.0. The van der Waals surface area contributed by atoms with E-state index in [9.17, 15) is 0 Å². The number of para-hydroxylation sites is 1. The molecule has 0 aromatic heterocycles. The van der Waals surface area contributed by atoms with Crippen molar-refractivity contribution in [1.29, 1.82) is 0 Å². The molecule has 0 radical (unpaired) electrons. The van der Waals surface area contributed by atoms with Crippen LogP contribution in [0.3, 0.4) is 0 Å². The highest BCUT2D eigenvalue weighted by Crippen LogP contribution is 2.30. The Morgan fingerprint density at radius 2 is 1.57 bits per heavy atom. The van der Waals surface area contributed by atoms with E-state index in [1.165, 1.54) is 0 Å². The van der Waals surface area contributed by atoms with Gasteiger partial charge in [-0.05, 0) is 11.6 Å². The highest BCUT2D eigenvalue weighted by atomic mass is 35.5. The maximum absolute atomic E-state index is 5.94. The van der Waals surface area contributed by atoms with Gasteiger partial charge in [0.2, 0.25) is 0 Å². The molecule has 0 spiro atoms. The quantitative estimate of drug-likeness (QED) is 0.705. The van der Waals surface area contributed by atoms with Crippen molar-refractivity contribution in [3.63, 3.8) is 0 Å². The van der Waals surface area contributed by atoms with Crippen LogP contribution in [-0.2, 0) is 0 Å². The molecule has 0 unspecified atom stereocenters. The molecule has 1 nitrogen and oxygen atoms in total. The molecule has 2 aromatic rings. The number of halogens is 1. The van der Waals surface area contributed by atoms with Crippen LogP contribution in [0.5, 0.6) is 0 Å². The smallest absolute Gasteiger partial charge is 0.0641 e. The second kappa shape index (κ2) is 3.72. The number of rotatable bonds is 1. The van der Waals surface area contributed by atoms with Gasteiger partial charge in [0, 0.05) is 5.56 Å². The molecule has 0 aliphatic rings. The molecular formula is C12H10ClN. The van der Waals surface area contributed by atoms with Crippen molar-refractivity contribution < 1.29 is 0 Å². The normalized spacial score (nSPS) is 10.1. The summed E-state index contributed by atoms with van der Waals surface area (Å²) in [4.78, 5) is 0. The fourth-order valence-electron chi connectivity index (χ4n) is 1.41. The van der Waals surface area contributed by atoms with Crippen molar-refractivity contribution in [2.24, 2.45) is 0 Å². The Morgan fingerprint density at radius 1 is 0.857 bits per heavy atom. The summed E-state index contributed by atoms with van der Waals surface area (Å²) in [6, 6.07) is 15.6. The minimum absolute atomic E-state index is 0.603. The molecule has 70 valence electrons. The van der Waals surface area contributed by atoms with Gasteiger partial charge in [-0.1, -0.05) is 54.1 Å². The molecule has 0 fully saturated rings. The summed E-state index contributed by atoms with van der Waals surface area (Å²) in [5, 5.41) is 0.603. The number of nitrogens with two attached hydrogens (primary N) is 1. The van der Waals surface area contributed by atoms with Crippen LogP contribution in [0, 0.1) is 0 Å². The van der Waals surface area contributed by atoms with E-state index < -0.39 is 0 Å². The number of anilines is 1. The first-order valence-corrected chi connectivity index (χ1v) is 4.76. The van der Waals surface area contributed by atoms with Gasteiger partial charge in [-0.25, -0.2) is 0 Å². The van der Waals surface area contributed by atoms with Crippen molar-refractivity contribution in [1.82, 2.24) is 0 Å². The van der Waals surface area contributed by atoms with E-state index >= 15 is 0 Å². The van der Waals surface area contributed by atoms with E-state index in [0.29, 0.717) is 10.7 Å². The SMILES string of the molecule is Nc1c(Cl)cccc1-c1ccccc1. The van der Waals surface area contributed by atoms with Crippen molar-refractivity contribution in [3.05, 3.63) is 53.6 Å². The summed E-state index contributed by atoms with van der Waals surface area (Å²) in [6.07, 6.45) is 0. The van der Waals surface area contributed by atoms with Gasteiger partial charge >= 0.3 is 0 Å². The number of nitrogen functional groups attached to an aromatic ring is 1. The minimum Gasteiger partial charge on any atom is -0.397 e. The van der Waals surface area contributed by atoms with Gasteiger partial charge in [0.1, 0.15) is 0 Å². The van der Waals surface area contributed by atoms with Gasteiger partial charge in [0.05, 0.1) is 10.7 Å². The van der Waals surface area contributed by atoms with Crippen LogP contribution in [-0.4, -0.2) is 0 Å². The number of benzene rings is 2. The maximum atomic E-state index is 5.94. The summed E-state index contributed by atoms with van der Waals surface area (Å²) in [5.74, 6) is 0. The first-order valence-electron chi connectivity index (χ1n) is 4.38. The first-order chi connectivity index (χ1) is 6.79. The van der Waals surface area contributed by atoms with Crippen LogP contribution < -0.4 is 5.73 Å². The lowest BCUT2D eigenvalue weighted by Crippen LogP contribution is -1.90. The molecule has 0 atom stereocenters. The van der Waals surface area contributed by atoms with E-state index in [2.05, 4.69) is 0 Å². The Balaban J connectivity index is 2.58. The zero-order chi connectivity index (χ0) is 9.97. The summed E-state index contributed by atoms with van der Waals surface area (Å²) < 4.78 is 0. The Kier molecular flexibility index (Phi) is 2.42. The standard InChI is InChI=1S/C12H10ClN/c13-11-8-4-7-10(12(11)14)9-5-2-1-3-6-9/h1-8H,14H2. The molecule has 2 N–H and O–H groups in total. The van der Waals surface area contributed by atoms with Crippen LogP contribution >= 0.6 is 11.6 Å². The number of hydrogen-bond acceptors (Lipinski definition) is 1. The monoisotopic (exact) mass is 203 g/mol. The Labute approximate surface area is 88.1 Å². The van der Waals surface area contributed by atoms with E-state index in [4.69, 9.17) is 17.3 Å². The average Bonchev–Trinajstić information content (AvgIpc) is 2.23. The predicted molar refractivity (Wildman–Crippen MR) is 61.3 cm³/mol. The molecule has 0 aliphatic heterocycles. The molecule has 0 saturated heterocycles. The van der Waals surface area contributed by atoms with Crippen LogP contribution in [0.15, 0.2) is 48.5 Å². The van der Waals surface area contributed by atoms with Gasteiger partial charge < -0.3 is 5.73 Å². The van der Waals surface area contributed by atoms with Crippen molar-refractivity contribution in [2.75, 3.05) is 5.73 Å². The van der Waals surface area contributed by atoms with Gasteiger partial charge in [0.15, 0.2) is 0 Å². The van der Waals surface area contributed by atoms with Gasteiger partial charge in [0.25, 0.3) is 0 Å². The zero-order valence-electron chi connectivity index (χ0n) is 7.57. The van der Waals surface area contributed by atoms with Crippen LogP contribution in [0.25, 0.3) is 11.1 Å². The highest BCUT2D eigenvalue weighted by Gasteiger charge is 2.03. The second-order valence-corrected chi connectivity index (χ2v) is 3.47. The average molecular weight is 204 g/mol. The minimum atomic E-state index is 0.603. The van der Waals surface area contributed by atoms with E-state index in [-0.39, 0.29) is 0 Å². The van der Waals surface area contributed by atoms with Gasteiger partial charge in [-0.15, -0.1) is 0 Å². The molecule has 2 rings (SSSR count). The molecule has 0 amide bonds. The van der Waals surface area contributed by atoms with Crippen molar-refractivity contribution in [2.45, 2.75) is 0 Å². The summed E-state index contributed by atoms with van der Waals surface area (Å²) in [5.41, 5.74) is 8.60. The fraction of sp³-hybridized carbons (Fsp3) is 0. The van der Waals surface area contributed by atoms with E-state index in [0.717, 1.165) is 11.1 Å². The topological polar surface area (TPSA) is 26.0 Å².